The van der Waals surface area contributed by atoms with Crippen LogP contribution in [0.4, 0.5) is 11.4 Å². The molecule has 2 atom stereocenters. The maximum atomic E-state index is 12.9. The number of nitrogens with one attached hydrogen (secondary N) is 1. The Morgan fingerprint density at radius 2 is 2.03 bits per heavy atom. The fourth-order valence-corrected chi connectivity index (χ4v) is 6.74. The minimum absolute atomic E-state index is 0.0152. The van der Waals surface area contributed by atoms with Crippen LogP contribution in [0.2, 0.25) is 0 Å². The van der Waals surface area contributed by atoms with Crippen molar-refractivity contribution in [1.82, 2.24) is 9.97 Å². The number of rotatable bonds is 5. The molecule has 0 bridgehead atoms. The van der Waals surface area contributed by atoms with Gasteiger partial charge in [-0.3, -0.25) is 4.79 Å². The number of nitrogens with zero attached hydrogens (tertiary/aromatic N) is 3. The average Bonchev–Trinajstić information content (AvgIpc) is 3.18. The van der Waals surface area contributed by atoms with Crippen molar-refractivity contribution in [3.05, 3.63) is 41.0 Å². The van der Waals surface area contributed by atoms with Gasteiger partial charge in [0.25, 0.3) is 0 Å². The van der Waals surface area contributed by atoms with Crippen LogP contribution in [0, 0.1) is 5.92 Å². The lowest BCUT2D eigenvalue weighted by Gasteiger charge is -2.28. The van der Waals surface area contributed by atoms with Gasteiger partial charge in [0, 0.05) is 34.7 Å². The number of carbonyl (C=O) groups excluding carboxylic acids is 1. The Labute approximate surface area is 196 Å². The van der Waals surface area contributed by atoms with Crippen LogP contribution in [0.15, 0.2) is 35.6 Å². The molecule has 168 valence electrons. The number of ether oxygens (including phenoxy) is 1. The lowest BCUT2D eigenvalue weighted by Crippen LogP contribution is -2.36. The first kappa shape index (κ1) is 21.7. The van der Waals surface area contributed by atoms with Gasteiger partial charge in [-0.05, 0) is 61.9 Å². The molecule has 8 heteroatoms. The van der Waals surface area contributed by atoms with Crippen molar-refractivity contribution in [2.75, 3.05) is 36.5 Å². The Balaban J connectivity index is 1.27. The summed E-state index contributed by atoms with van der Waals surface area (Å²) in [7, 11) is 0. The Morgan fingerprint density at radius 3 is 2.81 bits per heavy atom. The Kier molecular flexibility index (Phi) is 6.35. The van der Waals surface area contributed by atoms with E-state index in [1.165, 1.54) is 34.0 Å². The zero-order valence-corrected chi connectivity index (χ0v) is 20.1. The third-order valence-corrected chi connectivity index (χ3v) is 8.49. The van der Waals surface area contributed by atoms with Gasteiger partial charge in [0.1, 0.15) is 16.2 Å². The number of thiophene rings is 1. The summed E-state index contributed by atoms with van der Waals surface area (Å²) in [6.45, 7) is 7.58. The standard InChI is InChI=1S/C24H28N4O2S2/c1-15-3-8-19-20(13-15)32-24-21(19)23(25-14-26-24)31-16(2)22(29)27-17-4-6-18(7-5-17)28-9-11-30-12-10-28/h4-7,14-16H,3,8-13H2,1-2H3,(H,27,29)/t15-,16+/m0/s1. The summed E-state index contributed by atoms with van der Waals surface area (Å²) < 4.78 is 5.42. The molecule has 3 aromatic rings. The molecule has 0 spiro atoms. The molecule has 0 unspecified atom stereocenters. The molecule has 2 aromatic heterocycles. The van der Waals surface area contributed by atoms with E-state index in [1.54, 1.807) is 17.7 Å². The van der Waals surface area contributed by atoms with E-state index in [0.29, 0.717) is 0 Å². The zero-order chi connectivity index (χ0) is 22.1. The van der Waals surface area contributed by atoms with E-state index < -0.39 is 0 Å². The lowest BCUT2D eigenvalue weighted by atomic mass is 9.89. The average molecular weight is 469 g/mol. The smallest absolute Gasteiger partial charge is 0.237 e. The summed E-state index contributed by atoms with van der Waals surface area (Å²) in [4.78, 5) is 26.8. The van der Waals surface area contributed by atoms with E-state index in [4.69, 9.17) is 4.74 Å². The number of fused-ring (bicyclic) bond motifs is 3. The molecule has 0 saturated carbocycles. The van der Waals surface area contributed by atoms with Gasteiger partial charge in [-0.2, -0.15) is 0 Å². The molecule has 1 amide bonds. The summed E-state index contributed by atoms with van der Waals surface area (Å²) in [5, 5.41) is 4.89. The number of hydrogen-bond donors (Lipinski definition) is 1. The van der Waals surface area contributed by atoms with Crippen molar-refractivity contribution in [1.29, 1.82) is 0 Å². The topological polar surface area (TPSA) is 67.4 Å². The fourth-order valence-electron chi connectivity index (χ4n) is 4.38. The van der Waals surface area contributed by atoms with Gasteiger partial charge in [-0.1, -0.05) is 18.7 Å². The van der Waals surface area contributed by atoms with Gasteiger partial charge in [-0.15, -0.1) is 11.3 Å². The van der Waals surface area contributed by atoms with Gasteiger partial charge in [0.15, 0.2) is 0 Å². The van der Waals surface area contributed by atoms with Crippen LogP contribution in [0.25, 0.3) is 10.2 Å². The predicted molar refractivity (Wildman–Crippen MR) is 132 cm³/mol. The van der Waals surface area contributed by atoms with Gasteiger partial charge < -0.3 is 15.0 Å². The Hall–Kier alpha value is -2.16. The van der Waals surface area contributed by atoms with E-state index in [-0.39, 0.29) is 11.2 Å². The molecule has 2 aliphatic rings. The lowest BCUT2D eigenvalue weighted by molar-refractivity contribution is -0.115. The van der Waals surface area contributed by atoms with Crippen LogP contribution in [0.5, 0.6) is 0 Å². The molecular formula is C24H28N4O2S2. The van der Waals surface area contributed by atoms with E-state index in [1.807, 2.05) is 19.1 Å². The molecule has 5 rings (SSSR count). The van der Waals surface area contributed by atoms with E-state index in [0.717, 1.165) is 66.3 Å². The molecule has 32 heavy (non-hydrogen) atoms. The van der Waals surface area contributed by atoms with Gasteiger partial charge in [-0.25, -0.2) is 9.97 Å². The van der Waals surface area contributed by atoms with Crippen LogP contribution in [0.1, 0.15) is 30.7 Å². The molecule has 1 aromatic carbocycles. The maximum absolute atomic E-state index is 12.9. The number of benzene rings is 1. The summed E-state index contributed by atoms with van der Waals surface area (Å²) in [5.41, 5.74) is 3.38. The van der Waals surface area contributed by atoms with E-state index in [2.05, 4.69) is 39.2 Å². The highest BCUT2D eigenvalue weighted by molar-refractivity contribution is 8.00. The number of carbonyl (C=O) groups is 1. The van der Waals surface area contributed by atoms with Crippen LogP contribution in [-0.2, 0) is 22.4 Å². The fraction of sp³-hybridized carbons (Fsp3) is 0.458. The molecule has 0 radical (unpaired) electrons. The molecule has 3 heterocycles. The highest BCUT2D eigenvalue weighted by atomic mass is 32.2. The highest BCUT2D eigenvalue weighted by Crippen LogP contribution is 2.41. The summed E-state index contributed by atoms with van der Waals surface area (Å²) in [6, 6.07) is 8.06. The third kappa shape index (κ3) is 4.49. The van der Waals surface area contributed by atoms with Crippen LogP contribution < -0.4 is 10.2 Å². The van der Waals surface area contributed by atoms with Gasteiger partial charge >= 0.3 is 0 Å². The number of amides is 1. The van der Waals surface area contributed by atoms with Crippen molar-refractivity contribution in [2.45, 2.75) is 43.4 Å². The number of aryl methyl sites for hydroxylation is 1. The molecule has 1 N–H and O–H groups in total. The Morgan fingerprint density at radius 1 is 1.25 bits per heavy atom. The Bertz CT molecular complexity index is 1110. The first-order valence-corrected chi connectivity index (χ1v) is 12.9. The quantitative estimate of drug-likeness (QED) is 0.430. The number of thioether (sulfide) groups is 1. The maximum Gasteiger partial charge on any atom is 0.237 e. The second-order valence-electron chi connectivity index (χ2n) is 8.61. The minimum Gasteiger partial charge on any atom is -0.378 e. The number of anilines is 2. The normalized spacial score (nSPS) is 19.6. The summed E-state index contributed by atoms with van der Waals surface area (Å²) in [6.07, 6.45) is 5.03. The van der Waals surface area contributed by atoms with Crippen LogP contribution in [0.3, 0.4) is 0 Å². The van der Waals surface area contributed by atoms with Gasteiger partial charge in [0.2, 0.25) is 5.91 Å². The van der Waals surface area contributed by atoms with Crippen molar-refractivity contribution < 1.29 is 9.53 Å². The first-order valence-electron chi connectivity index (χ1n) is 11.2. The monoisotopic (exact) mass is 468 g/mol. The SMILES string of the molecule is C[C@H]1CCc2c(sc3ncnc(S[C@H](C)C(=O)Nc4ccc(N5CCOCC5)cc4)c23)C1. The van der Waals surface area contributed by atoms with Crippen molar-refractivity contribution >= 4 is 50.6 Å². The number of hydrogen-bond acceptors (Lipinski definition) is 7. The minimum atomic E-state index is -0.259. The molecule has 1 fully saturated rings. The molecule has 1 aliphatic heterocycles. The first-order chi connectivity index (χ1) is 15.6. The highest BCUT2D eigenvalue weighted by Gasteiger charge is 2.25. The molecule has 1 saturated heterocycles. The summed E-state index contributed by atoms with van der Waals surface area (Å²) >= 11 is 3.32. The van der Waals surface area contributed by atoms with Crippen molar-refractivity contribution in [3.8, 4) is 0 Å². The van der Waals surface area contributed by atoms with Crippen molar-refractivity contribution in [3.63, 3.8) is 0 Å². The number of morpholine rings is 1. The van der Waals surface area contributed by atoms with Crippen LogP contribution >= 0.6 is 23.1 Å². The van der Waals surface area contributed by atoms with Crippen LogP contribution in [-0.4, -0.2) is 47.4 Å². The van der Waals surface area contributed by atoms with E-state index in [9.17, 15) is 4.79 Å². The molecule has 1 aliphatic carbocycles. The second kappa shape index (κ2) is 9.37. The summed E-state index contributed by atoms with van der Waals surface area (Å²) in [5.74, 6) is 0.706. The van der Waals surface area contributed by atoms with Crippen molar-refractivity contribution in [2.24, 2.45) is 5.92 Å². The van der Waals surface area contributed by atoms with E-state index >= 15 is 0 Å². The molecule has 6 nitrogen and oxygen atoms in total. The predicted octanol–water partition coefficient (Wildman–Crippen LogP) is 4.77. The second-order valence-corrected chi connectivity index (χ2v) is 11.0. The number of aromatic nitrogens is 2. The van der Waals surface area contributed by atoms with Gasteiger partial charge in [0.05, 0.1) is 18.5 Å². The zero-order valence-electron chi connectivity index (χ0n) is 18.5. The third-order valence-electron chi connectivity index (χ3n) is 6.23. The largest absolute Gasteiger partial charge is 0.378 e. The molecular weight excluding hydrogens is 440 g/mol.